The SMILES string of the molecule is CCn1cc(Br)cc1C(=O)NCc1ccc(NC(=O)C(C)C)cc1. The van der Waals surface area contributed by atoms with Gasteiger partial charge in [-0.3, -0.25) is 9.59 Å². The Morgan fingerprint density at radius 3 is 2.46 bits per heavy atom. The van der Waals surface area contributed by atoms with Gasteiger partial charge in [-0.25, -0.2) is 0 Å². The van der Waals surface area contributed by atoms with Crippen molar-refractivity contribution in [1.82, 2.24) is 9.88 Å². The lowest BCUT2D eigenvalue weighted by atomic mass is 10.1. The fourth-order valence-electron chi connectivity index (χ4n) is 2.19. The van der Waals surface area contributed by atoms with Gasteiger partial charge < -0.3 is 15.2 Å². The fraction of sp³-hybridized carbons (Fsp3) is 0.333. The summed E-state index contributed by atoms with van der Waals surface area (Å²) in [5.41, 5.74) is 2.36. The lowest BCUT2D eigenvalue weighted by molar-refractivity contribution is -0.118. The molecule has 2 rings (SSSR count). The van der Waals surface area contributed by atoms with Crippen molar-refractivity contribution in [3.05, 3.63) is 52.3 Å². The summed E-state index contributed by atoms with van der Waals surface area (Å²) < 4.78 is 2.78. The Bertz CT molecular complexity index is 720. The maximum Gasteiger partial charge on any atom is 0.268 e. The first-order valence-electron chi connectivity index (χ1n) is 7.94. The van der Waals surface area contributed by atoms with Crippen molar-refractivity contribution in [3.8, 4) is 0 Å². The van der Waals surface area contributed by atoms with E-state index < -0.39 is 0 Å². The molecule has 2 N–H and O–H groups in total. The second-order valence-corrected chi connectivity index (χ2v) is 6.77. The molecule has 0 radical (unpaired) electrons. The summed E-state index contributed by atoms with van der Waals surface area (Å²) >= 11 is 3.39. The van der Waals surface area contributed by atoms with Gasteiger partial charge in [-0.05, 0) is 46.6 Å². The van der Waals surface area contributed by atoms with Gasteiger partial charge in [-0.2, -0.15) is 0 Å². The molecular weight excluding hydrogens is 370 g/mol. The maximum atomic E-state index is 12.3. The zero-order chi connectivity index (χ0) is 17.7. The fourth-order valence-corrected chi connectivity index (χ4v) is 2.66. The maximum absolute atomic E-state index is 12.3. The lowest BCUT2D eigenvalue weighted by Crippen LogP contribution is -2.25. The zero-order valence-corrected chi connectivity index (χ0v) is 15.7. The van der Waals surface area contributed by atoms with Gasteiger partial charge in [0.25, 0.3) is 5.91 Å². The molecule has 1 aromatic carbocycles. The van der Waals surface area contributed by atoms with Gasteiger partial charge in [0.15, 0.2) is 0 Å². The smallest absolute Gasteiger partial charge is 0.268 e. The van der Waals surface area contributed by atoms with Gasteiger partial charge >= 0.3 is 0 Å². The van der Waals surface area contributed by atoms with Crippen molar-refractivity contribution in [3.63, 3.8) is 0 Å². The second kappa shape index (κ2) is 8.15. The molecule has 0 aliphatic heterocycles. The van der Waals surface area contributed by atoms with Crippen LogP contribution < -0.4 is 10.6 Å². The average molecular weight is 392 g/mol. The molecule has 0 unspecified atom stereocenters. The van der Waals surface area contributed by atoms with Crippen LogP contribution in [-0.4, -0.2) is 16.4 Å². The second-order valence-electron chi connectivity index (χ2n) is 5.85. The first kappa shape index (κ1) is 18.3. The summed E-state index contributed by atoms with van der Waals surface area (Å²) in [6.07, 6.45) is 1.89. The molecule has 2 amide bonds. The van der Waals surface area contributed by atoms with Crippen LogP contribution in [0.3, 0.4) is 0 Å². The highest BCUT2D eigenvalue weighted by Gasteiger charge is 2.12. The summed E-state index contributed by atoms with van der Waals surface area (Å²) in [4.78, 5) is 23.9. The molecular formula is C18H22BrN3O2. The molecule has 1 heterocycles. The van der Waals surface area contributed by atoms with Crippen LogP contribution in [0.25, 0.3) is 0 Å². The first-order valence-corrected chi connectivity index (χ1v) is 8.73. The zero-order valence-electron chi connectivity index (χ0n) is 14.1. The van der Waals surface area contributed by atoms with Crippen LogP contribution in [0.1, 0.15) is 36.8 Å². The highest BCUT2D eigenvalue weighted by molar-refractivity contribution is 9.10. The topological polar surface area (TPSA) is 63.1 Å². The number of nitrogens with zero attached hydrogens (tertiary/aromatic N) is 1. The van der Waals surface area contributed by atoms with E-state index >= 15 is 0 Å². The Labute approximate surface area is 150 Å². The van der Waals surface area contributed by atoms with Crippen LogP contribution in [0, 0.1) is 5.92 Å². The molecule has 0 aliphatic rings. The summed E-state index contributed by atoms with van der Waals surface area (Å²) in [5.74, 6) is -0.181. The van der Waals surface area contributed by atoms with Crippen LogP contribution in [-0.2, 0) is 17.9 Å². The number of hydrogen-bond acceptors (Lipinski definition) is 2. The third kappa shape index (κ3) is 4.71. The van der Waals surface area contributed by atoms with Gasteiger partial charge in [0.05, 0.1) is 0 Å². The monoisotopic (exact) mass is 391 g/mol. The number of benzene rings is 1. The molecule has 0 fully saturated rings. The molecule has 24 heavy (non-hydrogen) atoms. The van der Waals surface area contributed by atoms with E-state index in [-0.39, 0.29) is 17.7 Å². The van der Waals surface area contributed by atoms with E-state index in [1.165, 1.54) is 0 Å². The number of amides is 2. The van der Waals surface area contributed by atoms with E-state index in [0.29, 0.717) is 12.2 Å². The quantitative estimate of drug-likeness (QED) is 0.786. The standard InChI is InChI=1S/C18H22BrN3O2/c1-4-22-11-14(19)9-16(22)18(24)20-10-13-5-7-15(8-6-13)21-17(23)12(2)3/h5-9,11-12H,4,10H2,1-3H3,(H,20,24)(H,21,23). The third-order valence-corrected chi connectivity index (χ3v) is 4.07. The number of aromatic nitrogens is 1. The largest absolute Gasteiger partial charge is 0.347 e. The van der Waals surface area contributed by atoms with Gasteiger partial charge in [0, 0.05) is 35.4 Å². The van der Waals surface area contributed by atoms with Gasteiger partial charge in [0.1, 0.15) is 5.69 Å². The lowest BCUT2D eigenvalue weighted by Gasteiger charge is -2.10. The van der Waals surface area contributed by atoms with E-state index in [2.05, 4.69) is 26.6 Å². The summed E-state index contributed by atoms with van der Waals surface area (Å²) in [6, 6.07) is 9.28. The van der Waals surface area contributed by atoms with Gasteiger partial charge in [0.2, 0.25) is 5.91 Å². The first-order chi connectivity index (χ1) is 11.4. The molecule has 0 saturated heterocycles. The van der Waals surface area contributed by atoms with Crippen LogP contribution in [0.4, 0.5) is 5.69 Å². The number of hydrogen-bond donors (Lipinski definition) is 2. The van der Waals surface area contributed by atoms with Crippen molar-refractivity contribution in [2.45, 2.75) is 33.9 Å². The molecule has 0 atom stereocenters. The van der Waals surface area contributed by atoms with Crippen molar-refractivity contribution in [2.24, 2.45) is 5.92 Å². The van der Waals surface area contributed by atoms with Crippen LogP contribution in [0.5, 0.6) is 0 Å². The van der Waals surface area contributed by atoms with E-state index in [4.69, 9.17) is 0 Å². The molecule has 1 aromatic heterocycles. The minimum atomic E-state index is -0.111. The molecule has 2 aromatic rings. The molecule has 0 saturated carbocycles. The Morgan fingerprint density at radius 2 is 1.88 bits per heavy atom. The summed E-state index contributed by atoms with van der Waals surface area (Å²) in [7, 11) is 0. The van der Waals surface area contributed by atoms with E-state index in [9.17, 15) is 9.59 Å². The highest BCUT2D eigenvalue weighted by atomic mass is 79.9. The Morgan fingerprint density at radius 1 is 1.21 bits per heavy atom. The van der Waals surface area contributed by atoms with Crippen molar-refractivity contribution in [2.75, 3.05) is 5.32 Å². The average Bonchev–Trinajstić information content (AvgIpc) is 2.94. The van der Waals surface area contributed by atoms with Crippen molar-refractivity contribution in [1.29, 1.82) is 0 Å². The summed E-state index contributed by atoms with van der Waals surface area (Å²) in [6.45, 7) is 6.86. The minimum absolute atomic E-state index is 0.0121. The number of nitrogens with one attached hydrogen (secondary N) is 2. The van der Waals surface area contributed by atoms with Crippen LogP contribution in [0.15, 0.2) is 41.0 Å². The van der Waals surface area contributed by atoms with Crippen molar-refractivity contribution < 1.29 is 9.59 Å². The van der Waals surface area contributed by atoms with Crippen LogP contribution in [0.2, 0.25) is 0 Å². The molecule has 0 spiro atoms. The Kier molecular flexibility index (Phi) is 6.20. The van der Waals surface area contributed by atoms with E-state index in [0.717, 1.165) is 22.3 Å². The normalized spacial score (nSPS) is 10.7. The number of halogens is 1. The predicted molar refractivity (Wildman–Crippen MR) is 98.9 cm³/mol. The van der Waals surface area contributed by atoms with Gasteiger partial charge in [-0.1, -0.05) is 26.0 Å². The molecule has 128 valence electrons. The number of carbonyl (C=O) groups is 2. The predicted octanol–water partition coefficient (Wildman–Crippen LogP) is 3.80. The molecule has 6 heteroatoms. The van der Waals surface area contributed by atoms with Crippen LogP contribution >= 0.6 is 15.9 Å². The minimum Gasteiger partial charge on any atom is -0.347 e. The molecule has 0 bridgehead atoms. The van der Waals surface area contributed by atoms with E-state index in [1.807, 2.05) is 61.9 Å². The third-order valence-electron chi connectivity index (χ3n) is 3.64. The number of aryl methyl sites for hydroxylation is 1. The highest BCUT2D eigenvalue weighted by Crippen LogP contribution is 2.15. The van der Waals surface area contributed by atoms with E-state index in [1.54, 1.807) is 0 Å². The summed E-state index contributed by atoms with van der Waals surface area (Å²) in [5, 5.41) is 5.76. The molecule has 0 aliphatic carbocycles. The van der Waals surface area contributed by atoms with Crippen molar-refractivity contribution >= 4 is 33.4 Å². The number of carbonyl (C=O) groups excluding carboxylic acids is 2. The number of anilines is 1. The Hall–Kier alpha value is -2.08. The Balaban J connectivity index is 1.94. The number of rotatable bonds is 6. The molecule has 5 nitrogen and oxygen atoms in total. The van der Waals surface area contributed by atoms with Gasteiger partial charge in [-0.15, -0.1) is 0 Å².